The first-order valence-electron chi connectivity index (χ1n) is 13.7. The third kappa shape index (κ3) is 4.61. The van der Waals surface area contributed by atoms with Crippen LogP contribution < -0.4 is 5.73 Å². The molecule has 0 aliphatic carbocycles. The molecule has 10 heteroatoms. The first kappa shape index (κ1) is 27.6. The quantitative estimate of drug-likeness (QED) is 0.289. The number of carbonyl (C=O) groups is 2. The molecular formula is C32H30F2N4O4. The molecule has 0 saturated carbocycles. The van der Waals surface area contributed by atoms with Gasteiger partial charge in [0.2, 0.25) is 5.91 Å². The maximum atomic E-state index is 14.9. The van der Waals surface area contributed by atoms with E-state index < -0.39 is 17.5 Å². The molecule has 1 aliphatic rings. The van der Waals surface area contributed by atoms with E-state index in [1.807, 2.05) is 24.5 Å². The van der Waals surface area contributed by atoms with Crippen molar-refractivity contribution < 1.29 is 27.6 Å². The predicted octanol–water partition coefficient (Wildman–Crippen LogP) is 5.74. The summed E-state index contributed by atoms with van der Waals surface area (Å²) in [7, 11) is 0. The van der Waals surface area contributed by atoms with E-state index in [9.17, 15) is 18.4 Å². The Morgan fingerprint density at radius 1 is 1.02 bits per heavy atom. The maximum absolute atomic E-state index is 14.9. The minimum Gasteiger partial charge on any atom is -0.372 e. The number of primary amides is 1. The summed E-state index contributed by atoms with van der Waals surface area (Å²) in [5.41, 5.74) is 9.91. The number of hydrogen-bond donors (Lipinski definition) is 1. The number of ether oxygens (including phenoxy) is 1. The summed E-state index contributed by atoms with van der Waals surface area (Å²) >= 11 is 0. The zero-order valence-corrected chi connectivity index (χ0v) is 23.7. The molecule has 3 heterocycles. The highest BCUT2D eigenvalue weighted by atomic mass is 19.2. The summed E-state index contributed by atoms with van der Waals surface area (Å²) in [6, 6.07) is 12.8. The van der Waals surface area contributed by atoms with Gasteiger partial charge in [-0.15, -0.1) is 0 Å². The monoisotopic (exact) mass is 572 g/mol. The van der Waals surface area contributed by atoms with Crippen molar-refractivity contribution in [3.8, 4) is 11.1 Å². The van der Waals surface area contributed by atoms with Crippen molar-refractivity contribution in [2.75, 3.05) is 13.1 Å². The number of nitrogens with two attached hydrogens (primary N) is 1. The molecule has 2 aromatic heterocycles. The molecule has 216 valence electrons. The highest BCUT2D eigenvalue weighted by Crippen LogP contribution is 2.38. The maximum Gasteiger partial charge on any atom is 0.254 e. The lowest BCUT2D eigenvalue weighted by atomic mass is 9.97. The van der Waals surface area contributed by atoms with Gasteiger partial charge in [0.1, 0.15) is 5.76 Å². The number of fused-ring (bicyclic) bond motifs is 3. The summed E-state index contributed by atoms with van der Waals surface area (Å²) in [5.74, 6) is -2.18. The zero-order chi connectivity index (χ0) is 29.9. The van der Waals surface area contributed by atoms with E-state index in [4.69, 9.17) is 15.0 Å². The molecule has 1 saturated heterocycles. The standard InChI is InChI=1S/C32H30F2N4O4/c1-16-13-37(14-17(2)41-16)32(40)20-8-9-26-23(10-20)29-24(31(35)39)11-22(28-18(3)36-42-19(28)4)12-27(29)38(26)15-21-6-5-7-25(33)30(21)34/h5-12,16-17H,13-15H2,1-4H3,(H2,35,39)/t16-,17+. The Hall–Kier alpha value is -4.57. The lowest BCUT2D eigenvalue weighted by Crippen LogP contribution is -2.48. The Labute approximate surface area is 240 Å². The van der Waals surface area contributed by atoms with Gasteiger partial charge < -0.3 is 24.5 Å². The van der Waals surface area contributed by atoms with Gasteiger partial charge in [0.25, 0.3) is 5.91 Å². The van der Waals surface area contributed by atoms with Crippen molar-refractivity contribution in [3.63, 3.8) is 0 Å². The largest absolute Gasteiger partial charge is 0.372 e. The van der Waals surface area contributed by atoms with E-state index in [1.54, 1.807) is 43.0 Å². The van der Waals surface area contributed by atoms with Crippen LogP contribution in [0.25, 0.3) is 32.9 Å². The van der Waals surface area contributed by atoms with Crippen LogP contribution in [-0.2, 0) is 11.3 Å². The van der Waals surface area contributed by atoms with Gasteiger partial charge in [-0.05, 0) is 69.7 Å². The number of halogens is 2. The topological polar surface area (TPSA) is 104 Å². The first-order chi connectivity index (χ1) is 20.0. The number of benzene rings is 3. The second-order valence-electron chi connectivity index (χ2n) is 11.0. The molecule has 42 heavy (non-hydrogen) atoms. The minimum atomic E-state index is -0.954. The van der Waals surface area contributed by atoms with Gasteiger partial charge in [0.15, 0.2) is 11.6 Å². The molecule has 0 spiro atoms. The fraction of sp³-hybridized carbons (Fsp3) is 0.281. The molecule has 5 aromatic rings. The SMILES string of the molecule is Cc1noc(C)c1-c1cc(C(N)=O)c2c3cc(C(=O)N4C[C@@H](C)O[C@@H](C)C4)ccc3n(Cc3cccc(F)c3F)c2c1. The second kappa shape index (κ2) is 10.4. The van der Waals surface area contributed by atoms with Crippen LogP contribution in [0.4, 0.5) is 8.78 Å². The van der Waals surface area contributed by atoms with Gasteiger partial charge in [-0.1, -0.05) is 17.3 Å². The van der Waals surface area contributed by atoms with E-state index in [0.717, 1.165) is 6.07 Å². The van der Waals surface area contributed by atoms with Crippen molar-refractivity contribution in [3.05, 3.63) is 88.3 Å². The summed E-state index contributed by atoms with van der Waals surface area (Å²) < 4.78 is 42.1. The van der Waals surface area contributed by atoms with Gasteiger partial charge in [-0.2, -0.15) is 0 Å². The van der Waals surface area contributed by atoms with Crippen molar-refractivity contribution >= 4 is 33.6 Å². The van der Waals surface area contributed by atoms with Crippen molar-refractivity contribution in [1.29, 1.82) is 0 Å². The molecule has 0 unspecified atom stereocenters. The molecule has 0 bridgehead atoms. The van der Waals surface area contributed by atoms with E-state index >= 15 is 0 Å². The van der Waals surface area contributed by atoms with Crippen molar-refractivity contribution in [1.82, 2.24) is 14.6 Å². The Bertz CT molecular complexity index is 1860. The molecular weight excluding hydrogens is 542 g/mol. The van der Waals surface area contributed by atoms with Crippen LogP contribution in [0.15, 0.2) is 53.1 Å². The third-order valence-electron chi connectivity index (χ3n) is 7.87. The number of aryl methyl sites for hydroxylation is 2. The highest BCUT2D eigenvalue weighted by molar-refractivity contribution is 6.20. The summed E-state index contributed by atoms with van der Waals surface area (Å²) in [6.45, 7) is 8.29. The van der Waals surface area contributed by atoms with Crippen LogP contribution in [0.1, 0.15) is 51.6 Å². The van der Waals surface area contributed by atoms with E-state index in [1.165, 1.54) is 12.1 Å². The lowest BCUT2D eigenvalue weighted by Gasteiger charge is -2.35. The Balaban J connectivity index is 1.61. The number of rotatable bonds is 5. The predicted molar refractivity (Wildman–Crippen MR) is 154 cm³/mol. The average Bonchev–Trinajstić information content (AvgIpc) is 3.44. The zero-order valence-electron chi connectivity index (χ0n) is 23.7. The van der Waals surface area contributed by atoms with Crippen LogP contribution in [0.2, 0.25) is 0 Å². The minimum absolute atomic E-state index is 0.0291. The third-order valence-corrected chi connectivity index (χ3v) is 7.87. The lowest BCUT2D eigenvalue weighted by molar-refractivity contribution is -0.0586. The van der Waals surface area contributed by atoms with E-state index in [0.29, 0.717) is 63.0 Å². The Morgan fingerprint density at radius 2 is 1.76 bits per heavy atom. The number of carbonyl (C=O) groups excluding carboxylic acids is 2. The molecule has 2 atom stereocenters. The van der Waals surface area contributed by atoms with Crippen LogP contribution >= 0.6 is 0 Å². The molecule has 8 nitrogen and oxygen atoms in total. The highest BCUT2D eigenvalue weighted by Gasteiger charge is 2.28. The number of morpholine rings is 1. The number of nitrogens with zero attached hydrogens (tertiary/aromatic N) is 3. The Morgan fingerprint density at radius 3 is 2.43 bits per heavy atom. The molecule has 2 N–H and O–H groups in total. The molecule has 0 radical (unpaired) electrons. The first-order valence-corrected chi connectivity index (χ1v) is 13.7. The van der Waals surface area contributed by atoms with Crippen LogP contribution in [-0.4, -0.2) is 51.7 Å². The number of aromatic nitrogens is 2. The van der Waals surface area contributed by atoms with Gasteiger partial charge in [0.05, 0.1) is 30.0 Å². The van der Waals surface area contributed by atoms with Crippen molar-refractivity contribution in [2.24, 2.45) is 5.73 Å². The molecule has 2 amide bonds. The van der Waals surface area contributed by atoms with Gasteiger partial charge in [-0.25, -0.2) is 8.78 Å². The normalized spacial score (nSPS) is 17.3. The van der Waals surface area contributed by atoms with Gasteiger partial charge >= 0.3 is 0 Å². The Kier molecular flexibility index (Phi) is 6.81. The molecule has 1 aliphatic heterocycles. The molecule has 1 fully saturated rings. The van der Waals surface area contributed by atoms with E-state index in [2.05, 4.69) is 5.16 Å². The second-order valence-corrected chi connectivity index (χ2v) is 11.0. The summed E-state index contributed by atoms with van der Waals surface area (Å²) in [4.78, 5) is 28.3. The number of hydrogen-bond acceptors (Lipinski definition) is 5. The van der Waals surface area contributed by atoms with Gasteiger partial charge in [0, 0.05) is 51.6 Å². The fourth-order valence-corrected chi connectivity index (χ4v) is 6.13. The van der Waals surface area contributed by atoms with Crippen LogP contribution in [0.3, 0.4) is 0 Å². The fourth-order valence-electron chi connectivity index (χ4n) is 6.13. The van der Waals surface area contributed by atoms with Crippen LogP contribution in [0.5, 0.6) is 0 Å². The molecule has 3 aromatic carbocycles. The molecule has 6 rings (SSSR count). The van der Waals surface area contributed by atoms with E-state index in [-0.39, 0.29) is 35.8 Å². The number of amides is 2. The van der Waals surface area contributed by atoms with Crippen LogP contribution in [0, 0.1) is 25.5 Å². The smallest absolute Gasteiger partial charge is 0.254 e. The van der Waals surface area contributed by atoms with Gasteiger partial charge in [-0.3, -0.25) is 9.59 Å². The van der Waals surface area contributed by atoms with Crippen molar-refractivity contribution in [2.45, 2.75) is 46.4 Å². The summed E-state index contributed by atoms with van der Waals surface area (Å²) in [6.07, 6.45) is -0.206. The summed E-state index contributed by atoms with van der Waals surface area (Å²) in [5, 5.41) is 5.16. The average molecular weight is 573 g/mol.